The number of para-hydroxylation sites is 1. The minimum atomic E-state index is 0.606. The Morgan fingerprint density at radius 1 is 1.00 bits per heavy atom. The van der Waals surface area contributed by atoms with Gasteiger partial charge in [-0.15, -0.1) is 0 Å². The molecule has 4 rings (SSSR count). The summed E-state index contributed by atoms with van der Waals surface area (Å²) in [6.07, 6.45) is 0. The van der Waals surface area contributed by atoms with Crippen molar-refractivity contribution in [2.45, 2.75) is 20.1 Å². The van der Waals surface area contributed by atoms with Crippen molar-refractivity contribution in [1.82, 2.24) is 19.2 Å². The standard InChI is InChI=1S/C23H29N5OS/c1-19-7-6-8-20(17-19)22-24-28(23(30)27(22)15-16-29-2)18-25-11-13-26(14-12-25)21-9-4-3-5-10-21/h3-10,17H,11-16,18H2,1-2H3. The molecule has 6 nitrogen and oxygen atoms in total. The zero-order valence-corrected chi connectivity index (χ0v) is 18.5. The molecule has 0 spiro atoms. The van der Waals surface area contributed by atoms with Gasteiger partial charge >= 0.3 is 0 Å². The smallest absolute Gasteiger partial charge is 0.199 e. The number of anilines is 1. The van der Waals surface area contributed by atoms with E-state index in [2.05, 4.69) is 75.9 Å². The second-order valence-electron chi connectivity index (χ2n) is 7.70. The lowest BCUT2D eigenvalue weighted by atomic mass is 10.1. The molecule has 0 atom stereocenters. The molecule has 0 bridgehead atoms. The average Bonchev–Trinajstić information content (AvgIpc) is 3.08. The van der Waals surface area contributed by atoms with Gasteiger partial charge in [0.2, 0.25) is 0 Å². The van der Waals surface area contributed by atoms with Gasteiger partial charge in [-0.05, 0) is 37.3 Å². The minimum Gasteiger partial charge on any atom is -0.383 e. The van der Waals surface area contributed by atoms with Crippen molar-refractivity contribution in [2.75, 3.05) is 44.8 Å². The van der Waals surface area contributed by atoms with Crippen molar-refractivity contribution >= 4 is 17.9 Å². The molecular formula is C23H29N5OS. The van der Waals surface area contributed by atoms with E-state index >= 15 is 0 Å². The fraction of sp³-hybridized carbons (Fsp3) is 0.391. The summed E-state index contributed by atoms with van der Waals surface area (Å²) >= 11 is 5.80. The van der Waals surface area contributed by atoms with E-state index in [0.717, 1.165) is 42.3 Å². The van der Waals surface area contributed by atoms with Gasteiger partial charge in [0.15, 0.2) is 10.6 Å². The van der Waals surface area contributed by atoms with Crippen LogP contribution in [-0.2, 0) is 18.0 Å². The van der Waals surface area contributed by atoms with E-state index in [-0.39, 0.29) is 0 Å². The fourth-order valence-corrected chi connectivity index (χ4v) is 4.17. The van der Waals surface area contributed by atoms with Gasteiger partial charge in [0.1, 0.15) is 0 Å². The monoisotopic (exact) mass is 423 g/mol. The number of rotatable bonds is 7. The SMILES string of the molecule is COCCn1c(-c2cccc(C)c2)nn(CN2CCN(c3ccccc3)CC2)c1=S. The number of aromatic nitrogens is 3. The van der Waals surface area contributed by atoms with Crippen molar-refractivity contribution in [3.05, 3.63) is 64.9 Å². The maximum atomic E-state index is 5.80. The van der Waals surface area contributed by atoms with E-state index in [1.165, 1.54) is 11.3 Å². The number of hydrogen-bond donors (Lipinski definition) is 0. The molecule has 0 radical (unpaired) electrons. The van der Waals surface area contributed by atoms with Crippen molar-refractivity contribution in [2.24, 2.45) is 0 Å². The van der Waals surface area contributed by atoms with Gasteiger partial charge < -0.3 is 9.64 Å². The summed E-state index contributed by atoms with van der Waals surface area (Å²) < 4.78 is 10.1. The maximum absolute atomic E-state index is 5.80. The van der Waals surface area contributed by atoms with E-state index < -0.39 is 0 Å². The molecule has 1 aliphatic heterocycles. The predicted octanol–water partition coefficient (Wildman–Crippen LogP) is 3.82. The van der Waals surface area contributed by atoms with Crippen LogP contribution in [0.4, 0.5) is 5.69 Å². The summed E-state index contributed by atoms with van der Waals surface area (Å²) in [6, 6.07) is 19.0. The zero-order valence-electron chi connectivity index (χ0n) is 17.7. The Morgan fingerprint density at radius 3 is 2.47 bits per heavy atom. The van der Waals surface area contributed by atoms with Gasteiger partial charge in [-0.1, -0.05) is 42.0 Å². The van der Waals surface area contributed by atoms with Crippen molar-refractivity contribution < 1.29 is 4.74 Å². The summed E-state index contributed by atoms with van der Waals surface area (Å²) in [7, 11) is 1.71. The first-order valence-electron chi connectivity index (χ1n) is 10.4. The third-order valence-electron chi connectivity index (χ3n) is 5.55. The number of ether oxygens (including phenoxy) is 1. The van der Waals surface area contributed by atoms with Gasteiger partial charge in [-0.3, -0.25) is 9.47 Å². The molecular weight excluding hydrogens is 394 g/mol. The quantitative estimate of drug-likeness (QED) is 0.540. The number of methoxy groups -OCH3 is 1. The molecule has 1 aromatic heterocycles. The molecule has 0 aliphatic carbocycles. The van der Waals surface area contributed by atoms with E-state index in [4.69, 9.17) is 22.1 Å². The molecule has 158 valence electrons. The molecule has 2 aromatic carbocycles. The van der Waals surface area contributed by atoms with Gasteiger partial charge in [0, 0.05) is 44.5 Å². The maximum Gasteiger partial charge on any atom is 0.199 e. The Hall–Kier alpha value is -2.48. The van der Waals surface area contributed by atoms with Crippen LogP contribution >= 0.6 is 12.2 Å². The number of nitrogens with zero attached hydrogens (tertiary/aromatic N) is 5. The second-order valence-corrected chi connectivity index (χ2v) is 8.07. The first-order chi connectivity index (χ1) is 14.7. The van der Waals surface area contributed by atoms with Crippen LogP contribution in [0.5, 0.6) is 0 Å². The highest BCUT2D eigenvalue weighted by Gasteiger charge is 2.20. The Labute approximate surface area is 183 Å². The van der Waals surface area contributed by atoms with Gasteiger partial charge in [-0.25, -0.2) is 4.68 Å². The van der Waals surface area contributed by atoms with Crippen LogP contribution in [-0.4, -0.2) is 59.1 Å². The summed E-state index contributed by atoms with van der Waals surface area (Å²) in [5.41, 5.74) is 3.59. The van der Waals surface area contributed by atoms with Crippen LogP contribution in [0.1, 0.15) is 5.56 Å². The normalized spacial score (nSPS) is 14.9. The lowest BCUT2D eigenvalue weighted by molar-refractivity contribution is 0.183. The second kappa shape index (κ2) is 9.55. The number of hydrogen-bond acceptors (Lipinski definition) is 5. The van der Waals surface area contributed by atoms with E-state index in [9.17, 15) is 0 Å². The van der Waals surface area contributed by atoms with Crippen molar-refractivity contribution in [3.8, 4) is 11.4 Å². The number of aryl methyl sites for hydroxylation is 1. The van der Waals surface area contributed by atoms with Gasteiger partial charge in [0.05, 0.1) is 19.8 Å². The summed E-state index contributed by atoms with van der Waals surface area (Å²) in [6.45, 7) is 8.09. The van der Waals surface area contributed by atoms with E-state index in [0.29, 0.717) is 19.8 Å². The molecule has 0 saturated carbocycles. The third-order valence-corrected chi connectivity index (χ3v) is 5.98. The molecule has 3 aromatic rings. The molecule has 7 heteroatoms. The van der Waals surface area contributed by atoms with Crippen LogP contribution in [0.3, 0.4) is 0 Å². The highest BCUT2D eigenvalue weighted by atomic mass is 32.1. The lowest BCUT2D eigenvalue weighted by Gasteiger charge is -2.35. The largest absolute Gasteiger partial charge is 0.383 e. The average molecular weight is 424 g/mol. The Balaban J connectivity index is 1.51. The first kappa shape index (κ1) is 20.8. The molecule has 0 amide bonds. The van der Waals surface area contributed by atoms with Gasteiger partial charge in [-0.2, -0.15) is 5.10 Å². The van der Waals surface area contributed by atoms with Crippen LogP contribution < -0.4 is 4.90 Å². The molecule has 0 N–H and O–H groups in total. The summed E-state index contributed by atoms with van der Waals surface area (Å²) in [5.74, 6) is 0.906. The van der Waals surface area contributed by atoms with Crippen molar-refractivity contribution in [1.29, 1.82) is 0 Å². The molecule has 1 aliphatic rings. The van der Waals surface area contributed by atoms with Crippen LogP contribution in [0.2, 0.25) is 0 Å². The van der Waals surface area contributed by atoms with Crippen LogP contribution in [0.25, 0.3) is 11.4 Å². The Morgan fingerprint density at radius 2 is 1.77 bits per heavy atom. The lowest BCUT2D eigenvalue weighted by Crippen LogP contribution is -2.47. The minimum absolute atomic E-state index is 0.606. The van der Waals surface area contributed by atoms with E-state index in [1.54, 1.807) is 7.11 Å². The summed E-state index contributed by atoms with van der Waals surface area (Å²) in [4.78, 5) is 4.86. The molecule has 0 unspecified atom stereocenters. The fourth-order valence-electron chi connectivity index (χ4n) is 3.89. The molecule has 30 heavy (non-hydrogen) atoms. The third kappa shape index (κ3) is 4.64. The zero-order chi connectivity index (χ0) is 20.9. The molecule has 1 fully saturated rings. The summed E-state index contributed by atoms with van der Waals surface area (Å²) in [5, 5.41) is 4.91. The number of piperazine rings is 1. The van der Waals surface area contributed by atoms with Crippen LogP contribution in [0.15, 0.2) is 54.6 Å². The van der Waals surface area contributed by atoms with Gasteiger partial charge in [0.25, 0.3) is 0 Å². The molecule has 1 saturated heterocycles. The Kier molecular flexibility index (Phi) is 6.62. The highest BCUT2D eigenvalue weighted by molar-refractivity contribution is 7.71. The number of benzene rings is 2. The highest BCUT2D eigenvalue weighted by Crippen LogP contribution is 2.21. The van der Waals surface area contributed by atoms with E-state index in [1.807, 2.05) is 4.68 Å². The van der Waals surface area contributed by atoms with Crippen LogP contribution in [0, 0.1) is 11.7 Å². The predicted molar refractivity (Wildman–Crippen MR) is 123 cm³/mol. The molecule has 2 heterocycles. The first-order valence-corrected chi connectivity index (χ1v) is 10.8. The van der Waals surface area contributed by atoms with Crippen molar-refractivity contribution in [3.63, 3.8) is 0 Å². The Bertz CT molecular complexity index is 1020. The topological polar surface area (TPSA) is 38.5 Å².